The van der Waals surface area contributed by atoms with E-state index in [2.05, 4.69) is 5.59 Å². The van der Waals surface area contributed by atoms with Crippen molar-refractivity contribution < 1.29 is 14.4 Å². The highest BCUT2D eigenvalue weighted by atomic mass is 16.7. The van der Waals surface area contributed by atoms with Crippen molar-refractivity contribution in [2.24, 2.45) is 0 Å². The van der Waals surface area contributed by atoms with Crippen molar-refractivity contribution in [2.45, 2.75) is 6.92 Å². The molecule has 0 unspecified atom stereocenters. The van der Waals surface area contributed by atoms with Gasteiger partial charge in [0.05, 0.1) is 19.4 Å². The number of hydrogen-bond acceptors (Lipinski definition) is 4. The minimum absolute atomic E-state index is 0.467. The highest BCUT2D eigenvalue weighted by Crippen LogP contribution is 2.18. The van der Waals surface area contributed by atoms with Gasteiger partial charge in [-0.05, 0) is 19.1 Å². The minimum Gasteiger partial charge on any atom is -0.497 e. The number of anilines is 1. The molecule has 0 saturated heterocycles. The molecule has 1 aromatic rings. The van der Waals surface area contributed by atoms with E-state index in [0.717, 1.165) is 0 Å². The summed E-state index contributed by atoms with van der Waals surface area (Å²) < 4.78 is 5.04. The van der Waals surface area contributed by atoms with Crippen LogP contribution in [0.15, 0.2) is 24.3 Å². The fraction of sp³-hybridized carbons (Fsp3) is 0.300. The zero-order valence-corrected chi connectivity index (χ0v) is 8.77. The van der Waals surface area contributed by atoms with Crippen LogP contribution in [0.5, 0.6) is 5.75 Å². The van der Waals surface area contributed by atoms with E-state index in [1.54, 1.807) is 31.4 Å². The topological polar surface area (TPSA) is 50.8 Å². The molecule has 0 bridgehead atoms. The Morgan fingerprint density at radius 2 is 2.33 bits per heavy atom. The molecule has 1 amide bonds. The monoisotopic (exact) mass is 210 g/mol. The van der Waals surface area contributed by atoms with E-state index in [9.17, 15) is 4.79 Å². The third kappa shape index (κ3) is 3.23. The van der Waals surface area contributed by atoms with Gasteiger partial charge in [-0.25, -0.2) is 5.01 Å². The van der Waals surface area contributed by atoms with E-state index in [-0.39, 0.29) is 0 Å². The van der Waals surface area contributed by atoms with Gasteiger partial charge in [0.25, 0.3) is 0 Å². The maximum atomic E-state index is 10.8. The molecular weight excluding hydrogens is 196 g/mol. The highest BCUT2D eigenvalue weighted by molar-refractivity contribution is 5.74. The first-order chi connectivity index (χ1) is 7.31. The summed E-state index contributed by atoms with van der Waals surface area (Å²) in [5.41, 5.74) is 3.15. The number of ether oxygens (including phenoxy) is 1. The summed E-state index contributed by atoms with van der Waals surface area (Å²) in [5, 5.41) is 1.23. The van der Waals surface area contributed by atoms with Gasteiger partial charge in [-0.3, -0.25) is 9.63 Å². The Morgan fingerprint density at radius 1 is 1.53 bits per heavy atom. The van der Waals surface area contributed by atoms with E-state index < -0.39 is 0 Å². The third-order valence-corrected chi connectivity index (χ3v) is 1.74. The average Bonchev–Trinajstić information content (AvgIpc) is 2.30. The Balaban J connectivity index is 2.76. The predicted octanol–water partition coefficient (Wildman–Crippen LogP) is 1.11. The Kier molecular flexibility index (Phi) is 4.59. The van der Waals surface area contributed by atoms with Crippen molar-refractivity contribution in [1.29, 1.82) is 0 Å². The van der Waals surface area contributed by atoms with Crippen molar-refractivity contribution in [3.8, 4) is 5.75 Å². The Bertz CT molecular complexity index is 317. The number of hydrogen-bond donors (Lipinski definition) is 1. The molecule has 0 heterocycles. The van der Waals surface area contributed by atoms with Gasteiger partial charge < -0.3 is 4.74 Å². The number of methoxy groups -OCH3 is 1. The van der Waals surface area contributed by atoms with Crippen molar-refractivity contribution >= 4 is 12.1 Å². The van der Waals surface area contributed by atoms with Crippen LogP contribution < -0.4 is 15.3 Å². The number of amides is 1. The van der Waals surface area contributed by atoms with Crippen LogP contribution in [-0.2, 0) is 9.63 Å². The van der Waals surface area contributed by atoms with Crippen LogP contribution in [0.1, 0.15) is 6.92 Å². The second kappa shape index (κ2) is 6.00. The smallest absolute Gasteiger partial charge is 0.230 e. The molecule has 0 saturated carbocycles. The second-order valence-electron chi connectivity index (χ2n) is 2.70. The van der Waals surface area contributed by atoms with Crippen molar-refractivity contribution in [2.75, 3.05) is 18.7 Å². The normalized spacial score (nSPS) is 9.73. The zero-order chi connectivity index (χ0) is 11.1. The van der Waals surface area contributed by atoms with Crippen LogP contribution in [0.25, 0.3) is 0 Å². The summed E-state index contributed by atoms with van der Waals surface area (Å²) in [7, 11) is 1.57. The lowest BCUT2D eigenvalue weighted by Gasteiger charge is -2.17. The van der Waals surface area contributed by atoms with Gasteiger partial charge in [0.2, 0.25) is 6.41 Å². The number of carbonyl (C=O) groups excluding carboxylic acids is 1. The van der Waals surface area contributed by atoms with Gasteiger partial charge in [0.15, 0.2) is 0 Å². The minimum atomic E-state index is 0.467. The SMILES string of the molecule is CCONN(C=O)c1cccc(OC)c1. The largest absolute Gasteiger partial charge is 0.497 e. The molecule has 0 aliphatic rings. The lowest BCUT2D eigenvalue weighted by atomic mass is 10.3. The molecule has 1 N–H and O–H groups in total. The predicted molar refractivity (Wildman–Crippen MR) is 56.3 cm³/mol. The molecule has 0 atom stereocenters. The summed E-state index contributed by atoms with van der Waals surface area (Å²) in [5.74, 6) is 0.678. The standard InChI is InChI=1S/C10H14N2O3/c1-3-15-11-12(8-13)9-5-4-6-10(7-9)14-2/h4-8,11H,3H2,1-2H3. The maximum absolute atomic E-state index is 10.8. The summed E-state index contributed by atoms with van der Waals surface area (Å²) in [6.07, 6.45) is 0.629. The summed E-state index contributed by atoms with van der Waals surface area (Å²) in [6, 6.07) is 7.08. The molecule has 15 heavy (non-hydrogen) atoms. The molecule has 82 valence electrons. The van der Waals surface area contributed by atoms with E-state index in [1.165, 1.54) is 5.01 Å². The molecule has 0 fully saturated rings. The summed E-state index contributed by atoms with van der Waals surface area (Å²) in [4.78, 5) is 15.7. The molecule has 0 aliphatic carbocycles. The summed E-state index contributed by atoms with van der Waals surface area (Å²) in [6.45, 7) is 2.29. The highest BCUT2D eigenvalue weighted by Gasteiger charge is 2.04. The number of nitrogens with one attached hydrogen (secondary N) is 1. The van der Waals surface area contributed by atoms with Crippen LogP contribution in [0.3, 0.4) is 0 Å². The number of benzene rings is 1. The van der Waals surface area contributed by atoms with Gasteiger partial charge in [-0.15, -0.1) is 5.59 Å². The van der Waals surface area contributed by atoms with Gasteiger partial charge in [0, 0.05) is 6.07 Å². The molecule has 1 rings (SSSR count). The lowest BCUT2D eigenvalue weighted by molar-refractivity contribution is -0.110. The molecular formula is C10H14N2O3. The number of rotatable bonds is 6. The number of nitrogens with zero attached hydrogens (tertiary/aromatic N) is 1. The van der Waals surface area contributed by atoms with Crippen LogP contribution in [0.4, 0.5) is 5.69 Å². The molecule has 0 radical (unpaired) electrons. The fourth-order valence-electron chi connectivity index (χ4n) is 1.03. The van der Waals surface area contributed by atoms with Gasteiger partial charge >= 0.3 is 0 Å². The van der Waals surface area contributed by atoms with E-state index in [1.807, 2.05) is 6.92 Å². The van der Waals surface area contributed by atoms with Crippen LogP contribution in [-0.4, -0.2) is 20.1 Å². The first kappa shape index (κ1) is 11.5. The van der Waals surface area contributed by atoms with E-state index in [0.29, 0.717) is 24.5 Å². The lowest BCUT2D eigenvalue weighted by Crippen LogP contribution is -2.36. The molecule has 0 aromatic heterocycles. The van der Waals surface area contributed by atoms with Crippen molar-refractivity contribution in [1.82, 2.24) is 5.59 Å². The molecule has 0 spiro atoms. The molecule has 5 nitrogen and oxygen atoms in total. The quantitative estimate of drug-likeness (QED) is 0.564. The van der Waals surface area contributed by atoms with E-state index in [4.69, 9.17) is 9.57 Å². The number of carbonyl (C=O) groups is 1. The average molecular weight is 210 g/mol. The van der Waals surface area contributed by atoms with Gasteiger partial charge in [-0.2, -0.15) is 0 Å². The zero-order valence-electron chi connectivity index (χ0n) is 8.77. The summed E-state index contributed by atoms with van der Waals surface area (Å²) >= 11 is 0. The fourth-order valence-corrected chi connectivity index (χ4v) is 1.03. The second-order valence-corrected chi connectivity index (χ2v) is 2.70. The molecule has 5 heteroatoms. The maximum Gasteiger partial charge on any atom is 0.230 e. The van der Waals surface area contributed by atoms with Gasteiger partial charge in [0.1, 0.15) is 5.75 Å². The van der Waals surface area contributed by atoms with Gasteiger partial charge in [-0.1, -0.05) is 6.07 Å². The number of hydrazine groups is 1. The van der Waals surface area contributed by atoms with E-state index >= 15 is 0 Å². The first-order valence-electron chi connectivity index (χ1n) is 4.57. The Hall–Kier alpha value is -1.59. The Morgan fingerprint density at radius 3 is 2.93 bits per heavy atom. The van der Waals surface area contributed by atoms with Crippen LogP contribution >= 0.6 is 0 Å². The Labute approximate surface area is 88.5 Å². The van der Waals surface area contributed by atoms with Crippen molar-refractivity contribution in [3.63, 3.8) is 0 Å². The van der Waals surface area contributed by atoms with Crippen LogP contribution in [0.2, 0.25) is 0 Å². The third-order valence-electron chi connectivity index (χ3n) is 1.74. The van der Waals surface area contributed by atoms with Crippen LogP contribution in [0, 0.1) is 0 Å². The molecule has 0 aliphatic heterocycles. The molecule has 1 aromatic carbocycles. The first-order valence-corrected chi connectivity index (χ1v) is 4.57. The van der Waals surface area contributed by atoms with Crippen molar-refractivity contribution in [3.05, 3.63) is 24.3 Å².